The van der Waals surface area contributed by atoms with Crippen molar-refractivity contribution >= 4 is 54.5 Å². The second kappa shape index (κ2) is 7.83. The quantitative estimate of drug-likeness (QED) is 0.389. The number of pyridine rings is 1. The highest BCUT2D eigenvalue weighted by atomic mass is 32.1. The molecular formula is C22H22F2N4S2. The summed E-state index contributed by atoms with van der Waals surface area (Å²) < 4.78 is 30.2. The van der Waals surface area contributed by atoms with Gasteiger partial charge in [0, 0.05) is 22.2 Å². The van der Waals surface area contributed by atoms with Gasteiger partial charge in [-0.05, 0) is 51.1 Å². The number of nitrogens with zero attached hydrogens (tertiary/aromatic N) is 3. The van der Waals surface area contributed by atoms with Crippen molar-refractivity contribution in [1.29, 1.82) is 0 Å². The second-order valence-electron chi connectivity index (χ2n) is 7.74. The molecule has 5 rings (SSSR count). The fourth-order valence-corrected chi connectivity index (χ4v) is 6.37. The first kappa shape index (κ1) is 19.8. The lowest BCUT2D eigenvalue weighted by Crippen LogP contribution is -2.41. The van der Waals surface area contributed by atoms with E-state index in [1.54, 1.807) is 22.9 Å². The maximum absolute atomic E-state index is 14.8. The van der Waals surface area contributed by atoms with Gasteiger partial charge < -0.3 is 10.2 Å². The van der Waals surface area contributed by atoms with Crippen molar-refractivity contribution in [3.63, 3.8) is 0 Å². The molecule has 1 fully saturated rings. The van der Waals surface area contributed by atoms with E-state index in [2.05, 4.69) is 34.0 Å². The molecule has 4 aromatic rings. The molecule has 30 heavy (non-hydrogen) atoms. The number of nitrogens with one attached hydrogen (secondary N) is 1. The zero-order valence-corrected chi connectivity index (χ0v) is 18.4. The molecule has 0 radical (unpaired) electrons. The predicted octanol–water partition coefficient (Wildman–Crippen LogP) is 6.52. The lowest BCUT2D eigenvalue weighted by molar-refractivity contribution is 0.148. The Morgan fingerprint density at radius 2 is 2.07 bits per heavy atom. The third-order valence-electron chi connectivity index (χ3n) is 6.10. The monoisotopic (exact) mass is 444 g/mol. The van der Waals surface area contributed by atoms with Gasteiger partial charge in [-0.2, -0.15) is 0 Å². The fourth-order valence-electron chi connectivity index (χ4n) is 4.44. The molecule has 0 amide bonds. The molecular weight excluding hydrogens is 422 g/mol. The number of likely N-dealkylation sites (tertiary alicyclic amines) is 1. The summed E-state index contributed by atoms with van der Waals surface area (Å²) in [5.74, 6) is -0.514. The third kappa shape index (κ3) is 3.36. The standard InChI is InChI=1S/C22H22F2N4S2/c1-3-28-6-4-5-13(12(28)2)19-7-14-21(16(24)10-25-22(14)30-19)27-17-9-18-20(8-15(17)23)29-11-26-18/h7-13H,3-6H2,1-2H3,(H,25,27)/t12-,13+/m0/s1. The first-order valence-electron chi connectivity index (χ1n) is 10.2. The molecule has 0 unspecified atom stereocenters. The minimum Gasteiger partial charge on any atom is -0.350 e. The summed E-state index contributed by atoms with van der Waals surface area (Å²) in [4.78, 5) is 13.0. The summed E-state index contributed by atoms with van der Waals surface area (Å²) in [5.41, 5.74) is 2.86. The largest absolute Gasteiger partial charge is 0.350 e. The normalized spacial score (nSPS) is 20.3. The Kier molecular flexibility index (Phi) is 5.16. The first-order chi connectivity index (χ1) is 14.5. The molecule has 1 aliphatic heterocycles. The fraction of sp³-hybridized carbons (Fsp3) is 0.364. The van der Waals surface area contributed by atoms with Gasteiger partial charge in [-0.25, -0.2) is 18.7 Å². The summed E-state index contributed by atoms with van der Waals surface area (Å²) >= 11 is 2.99. The van der Waals surface area contributed by atoms with Crippen LogP contribution in [0.1, 0.15) is 37.5 Å². The number of anilines is 2. The number of rotatable bonds is 4. The number of likely N-dealkylation sites (N-methyl/N-ethyl adjacent to an activating group) is 1. The van der Waals surface area contributed by atoms with Crippen molar-refractivity contribution in [1.82, 2.24) is 14.9 Å². The lowest BCUT2D eigenvalue weighted by atomic mass is 9.89. The van der Waals surface area contributed by atoms with E-state index < -0.39 is 11.6 Å². The minimum atomic E-state index is -0.489. The molecule has 4 nitrogen and oxygen atoms in total. The highest BCUT2D eigenvalue weighted by Gasteiger charge is 2.30. The van der Waals surface area contributed by atoms with E-state index in [1.165, 1.54) is 28.5 Å². The number of aromatic nitrogens is 2. The second-order valence-corrected chi connectivity index (χ2v) is 9.69. The van der Waals surface area contributed by atoms with E-state index in [4.69, 9.17) is 0 Å². The van der Waals surface area contributed by atoms with Gasteiger partial charge in [-0.1, -0.05) is 6.92 Å². The Morgan fingerprint density at radius 1 is 1.20 bits per heavy atom. The van der Waals surface area contributed by atoms with Gasteiger partial charge in [-0.3, -0.25) is 0 Å². The van der Waals surface area contributed by atoms with Crippen molar-refractivity contribution in [2.24, 2.45) is 0 Å². The molecule has 4 heterocycles. The van der Waals surface area contributed by atoms with Crippen LogP contribution in [0.25, 0.3) is 20.4 Å². The van der Waals surface area contributed by atoms with Gasteiger partial charge in [0.2, 0.25) is 0 Å². The smallest absolute Gasteiger partial charge is 0.165 e. The topological polar surface area (TPSA) is 41.0 Å². The SMILES string of the molecule is CCN1CCC[C@@H](c2cc3c(Nc4cc5ncsc5cc4F)c(F)cnc3s2)[C@@H]1C. The number of halogens is 2. The number of thiophene rings is 1. The Bertz CT molecular complexity index is 1220. The molecule has 2 atom stereocenters. The van der Waals surface area contributed by atoms with Crippen LogP contribution in [0.5, 0.6) is 0 Å². The van der Waals surface area contributed by atoms with Crippen LogP contribution in [-0.4, -0.2) is 34.0 Å². The van der Waals surface area contributed by atoms with Crippen LogP contribution in [0, 0.1) is 11.6 Å². The van der Waals surface area contributed by atoms with E-state index in [9.17, 15) is 8.78 Å². The number of hydrogen-bond acceptors (Lipinski definition) is 6. The molecule has 156 valence electrons. The molecule has 0 bridgehead atoms. The molecule has 1 saturated heterocycles. The Morgan fingerprint density at radius 3 is 2.90 bits per heavy atom. The van der Waals surface area contributed by atoms with Gasteiger partial charge in [0.15, 0.2) is 5.82 Å². The van der Waals surface area contributed by atoms with Crippen molar-refractivity contribution in [2.75, 3.05) is 18.4 Å². The predicted molar refractivity (Wildman–Crippen MR) is 121 cm³/mol. The number of thiazole rings is 1. The number of benzene rings is 1. The Labute approximate surface area is 181 Å². The van der Waals surface area contributed by atoms with Crippen LogP contribution in [-0.2, 0) is 0 Å². The minimum absolute atomic E-state index is 0.218. The van der Waals surface area contributed by atoms with E-state index in [0.29, 0.717) is 22.9 Å². The van der Waals surface area contributed by atoms with Crippen LogP contribution < -0.4 is 5.32 Å². The van der Waals surface area contributed by atoms with Crippen LogP contribution in [0.4, 0.5) is 20.2 Å². The van der Waals surface area contributed by atoms with Crippen molar-refractivity contribution in [2.45, 2.75) is 38.6 Å². The van der Waals surface area contributed by atoms with E-state index in [-0.39, 0.29) is 11.4 Å². The average Bonchev–Trinajstić information content (AvgIpc) is 3.37. The van der Waals surface area contributed by atoms with Gasteiger partial charge in [0.1, 0.15) is 10.6 Å². The Hall–Kier alpha value is -2.16. The van der Waals surface area contributed by atoms with E-state index >= 15 is 0 Å². The Balaban J connectivity index is 1.55. The van der Waals surface area contributed by atoms with Gasteiger partial charge in [0.05, 0.1) is 33.3 Å². The molecule has 3 aromatic heterocycles. The number of piperidine rings is 1. The summed E-state index contributed by atoms with van der Waals surface area (Å²) in [6.07, 6.45) is 3.49. The van der Waals surface area contributed by atoms with Crippen LogP contribution in [0.2, 0.25) is 0 Å². The van der Waals surface area contributed by atoms with Crippen LogP contribution in [0.15, 0.2) is 29.9 Å². The van der Waals surface area contributed by atoms with Crippen molar-refractivity contribution < 1.29 is 8.78 Å². The maximum Gasteiger partial charge on any atom is 0.165 e. The van der Waals surface area contributed by atoms with E-state index in [0.717, 1.165) is 35.5 Å². The number of hydrogen-bond donors (Lipinski definition) is 1. The van der Waals surface area contributed by atoms with Gasteiger partial charge in [-0.15, -0.1) is 22.7 Å². The lowest BCUT2D eigenvalue weighted by Gasteiger charge is -2.38. The van der Waals surface area contributed by atoms with Crippen molar-refractivity contribution in [3.05, 3.63) is 46.4 Å². The molecule has 1 aromatic carbocycles. The molecule has 1 aliphatic rings. The van der Waals surface area contributed by atoms with Gasteiger partial charge >= 0.3 is 0 Å². The van der Waals surface area contributed by atoms with Crippen LogP contribution >= 0.6 is 22.7 Å². The summed E-state index contributed by atoms with van der Waals surface area (Å²) in [6.45, 7) is 6.61. The highest BCUT2D eigenvalue weighted by molar-refractivity contribution is 7.18. The zero-order valence-electron chi connectivity index (χ0n) is 16.8. The molecule has 0 aliphatic carbocycles. The molecule has 1 N–H and O–H groups in total. The molecule has 0 saturated carbocycles. The maximum atomic E-state index is 14.8. The number of fused-ring (bicyclic) bond motifs is 2. The van der Waals surface area contributed by atoms with E-state index in [1.807, 2.05) is 6.07 Å². The van der Waals surface area contributed by atoms with Gasteiger partial charge in [0.25, 0.3) is 0 Å². The summed E-state index contributed by atoms with van der Waals surface area (Å²) in [5, 5.41) is 3.69. The first-order valence-corrected chi connectivity index (χ1v) is 11.9. The van der Waals surface area contributed by atoms with Crippen molar-refractivity contribution in [3.8, 4) is 0 Å². The zero-order chi connectivity index (χ0) is 20.8. The van der Waals surface area contributed by atoms with Crippen LogP contribution in [0.3, 0.4) is 0 Å². The molecule has 0 spiro atoms. The summed E-state index contributed by atoms with van der Waals surface area (Å²) in [6, 6.07) is 5.54. The third-order valence-corrected chi connectivity index (χ3v) is 8.07. The molecule has 8 heteroatoms. The average molecular weight is 445 g/mol. The summed E-state index contributed by atoms with van der Waals surface area (Å²) in [7, 11) is 0. The highest BCUT2D eigenvalue weighted by Crippen LogP contribution is 2.41.